The Morgan fingerprint density at radius 2 is 0.643 bits per heavy atom. The predicted octanol–water partition coefficient (Wildman–Crippen LogP) is 5.25. The number of hydrogen-bond donors (Lipinski definition) is 0. The van der Waals surface area contributed by atoms with Gasteiger partial charge in [0.2, 0.25) is 0 Å². The van der Waals surface area contributed by atoms with E-state index in [-0.39, 0.29) is 0 Å². The minimum atomic E-state index is -1.92. The fourth-order valence-corrected chi connectivity index (χ4v) is 2.39. The molecule has 0 spiro atoms. The number of hydrogen-bond acceptors (Lipinski definition) is 0. The molecule has 0 aromatic carbocycles. The van der Waals surface area contributed by atoms with Gasteiger partial charge in [-0.15, -0.1) is 0 Å². The molecule has 4 heteroatoms. The van der Waals surface area contributed by atoms with Crippen LogP contribution in [0.4, 0.5) is 0 Å². The van der Waals surface area contributed by atoms with Crippen LogP contribution in [0, 0.1) is 29.6 Å². The summed E-state index contributed by atoms with van der Waals surface area (Å²) in [5, 5.41) is 0. The van der Waals surface area contributed by atoms with Crippen LogP contribution in [0.5, 0.6) is 0 Å². The van der Waals surface area contributed by atoms with Crippen LogP contribution in [0.25, 0.3) is 0 Å². The van der Waals surface area contributed by atoms with Crippen LogP contribution in [0.15, 0.2) is 0 Å². The molecule has 1 aliphatic carbocycles. The standard InChI is InChI=1S/C10H20.3ClH.Ti/c1-6-7(2)9(4)10(5)8(6)3;;;;/h6-10H,1-5H3;3*1H;/q;;;;+3/p-3. The van der Waals surface area contributed by atoms with Crippen molar-refractivity contribution >= 4 is 27.9 Å². The van der Waals surface area contributed by atoms with Crippen LogP contribution in [-0.2, 0) is 14.7 Å². The fraction of sp³-hybridized carbons (Fsp3) is 1.00. The van der Waals surface area contributed by atoms with Crippen molar-refractivity contribution < 1.29 is 14.7 Å². The molecule has 0 heterocycles. The minimum absolute atomic E-state index is 0.935. The Labute approximate surface area is 106 Å². The van der Waals surface area contributed by atoms with Crippen LogP contribution in [0.2, 0.25) is 0 Å². The first-order valence-corrected chi connectivity index (χ1v) is 11.6. The Morgan fingerprint density at radius 3 is 0.714 bits per heavy atom. The molecule has 0 unspecified atom stereocenters. The molecule has 1 saturated carbocycles. The van der Waals surface area contributed by atoms with E-state index >= 15 is 0 Å². The average Bonchev–Trinajstić information content (AvgIpc) is 2.23. The van der Waals surface area contributed by atoms with E-state index in [9.17, 15) is 0 Å². The molecule has 85 valence electrons. The third-order valence-electron chi connectivity index (χ3n) is 4.15. The fourth-order valence-electron chi connectivity index (χ4n) is 2.39. The first kappa shape index (κ1) is 15.6. The van der Waals surface area contributed by atoms with Gasteiger partial charge in [-0.05, 0) is 29.6 Å². The second-order valence-electron chi connectivity index (χ2n) is 4.51. The van der Waals surface area contributed by atoms with E-state index in [2.05, 4.69) is 34.6 Å². The normalized spacial score (nSPS) is 41.6. The van der Waals surface area contributed by atoms with Gasteiger partial charge in [0.25, 0.3) is 0 Å². The van der Waals surface area contributed by atoms with Gasteiger partial charge in [0.1, 0.15) is 0 Å². The molecule has 0 saturated heterocycles. The predicted molar refractivity (Wildman–Crippen MR) is 63.4 cm³/mol. The van der Waals surface area contributed by atoms with Crippen molar-refractivity contribution in [3.05, 3.63) is 0 Å². The summed E-state index contributed by atoms with van der Waals surface area (Å²) in [4.78, 5) is 0. The summed E-state index contributed by atoms with van der Waals surface area (Å²) in [5.41, 5.74) is 0. The molecule has 1 rings (SSSR count). The van der Waals surface area contributed by atoms with Gasteiger partial charge in [0.15, 0.2) is 0 Å². The third-order valence-corrected chi connectivity index (χ3v) is 4.15. The Bertz CT molecular complexity index is 116. The molecule has 0 aromatic rings. The summed E-state index contributed by atoms with van der Waals surface area (Å²) < 4.78 is 0. The van der Waals surface area contributed by atoms with Gasteiger partial charge in [-0.2, -0.15) is 0 Å². The third kappa shape index (κ3) is 4.62. The second kappa shape index (κ2) is 7.02. The SMILES string of the molecule is CC1C(C)C(C)C(C)C1C.[Cl][Ti]([Cl])[Cl]. The Morgan fingerprint density at radius 1 is 0.571 bits per heavy atom. The van der Waals surface area contributed by atoms with E-state index in [4.69, 9.17) is 27.9 Å². The van der Waals surface area contributed by atoms with Crippen LogP contribution in [0.1, 0.15) is 34.6 Å². The molecule has 0 amide bonds. The van der Waals surface area contributed by atoms with Crippen LogP contribution in [0.3, 0.4) is 0 Å². The molecule has 0 radical (unpaired) electrons. The van der Waals surface area contributed by atoms with Gasteiger partial charge in [0, 0.05) is 0 Å². The molecule has 0 atom stereocenters. The summed E-state index contributed by atoms with van der Waals surface area (Å²) in [6, 6.07) is 0. The topological polar surface area (TPSA) is 0 Å². The van der Waals surface area contributed by atoms with Crippen molar-refractivity contribution in [1.29, 1.82) is 0 Å². The van der Waals surface area contributed by atoms with Gasteiger partial charge in [-0.1, -0.05) is 34.6 Å². The van der Waals surface area contributed by atoms with Crippen molar-refractivity contribution in [1.82, 2.24) is 0 Å². The molecular weight excluding hydrogens is 274 g/mol. The van der Waals surface area contributed by atoms with Gasteiger partial charge in [-0.25, -0.2) is 0 Å². The Hall–Kier alpha value is 1.58. The monoisotopic (exact) mass is 293 g/mol. The van der Waals surface area contributed by atoms with Crippen LogP contribution < -0.4 is 0 Å². The summed E-state index contributed by atoms with van der Waals surface area (Å²) >= 11 is -1.92. The van der Waals surface area contributed by atoms with Crippen molar-refractivity contribution in [2.24, 2.45) is 29.6 Å². The van der Waals surface area contributed by atoms with E-state index in [1.807, 2.05) is 0 Å². The van der Waals surface area contributed by atoms with Crippen molar-refractivity contribution in [2.75, 3.05) is 0 Å². The molecule has 1 fully saturated rings. The first-order chi connectivity index (χ1) is 6.29. The zero-order valence-electron chi connectivity index (χ0n) is 9.52. The summed E-state index contributed by atoms with van der Waals surface area (Å²) in [6.45, 7) is 12.0. The Balaban J connectivity index is 0.000000364. The van der Waals surface area contributed by atoms with Crippen molar-refractivity contribution in [2.45, 2.75) is 34.6 Å². The van der Waals surface area contributed by atoms with Crippen molar-refractivity contribution in [3.8, 4) is 0 Å². The number of halogens is 3. The maximum atomic E-state index is 4.97. The maximum absolute atomic E-state index is 4.97. The molecule has 0 bridgehead atoms. The zero-order valence-corrected chi connectivity index (χ0v) is 13.3. The summed E-state index contributed by atoms with van der Waals surface area (Å²) in [7, 11) is 14.9. The zero-order chi connectivity index (χ0) is 11.5. The molecule has 0 N–H and O–H groups in total. The molecule has 0 nitrogen and oxygen atoms in total. The van der Waals surface area contributed by atoms with Crippen LogP contribution >= 0.6 is 27.9 Å². The molecular formula is C10H20Cl3Ti. The van der Waals surface area contributed by atoms with E-state index < -0.39 is 14.7 Å². The summed E-state index contributed by atoms with van der Waals surface area (Å²) in [6.07, 6.45) is 0. The van der Waals surface area contributed by atoms with Gasteiger partial charge in [-0.3, -0.25) is 0 Å². The van der Waals surface area contributed by atoms with E-state index in [1.165, 1.54) is 0 Å². The first-order valence-electron chi connectivity index (χ1n) is 5.12. The van der Waals surface area contributed by atoms with Gasteiger partial charge < -0.3 is 0 Å². The Kier molecular flexibility index (Phi) is 7.81. The molecule has 1 aliphatic rings. The van der Waals surface area contributed by atoms with E-state index in [0.717, 1.165) is 29.6 Å². The van der Waals surface area contributed by atoms with Crippen LogP contribution in [-0.4, -0.2) is 0 Å². The van der Waals surface area contributed by atoms with Gasteiger partial charge >= 0.3 is 42.6 Å². The number of rotatable bonds is 0. The molecule has 14 heavy (non-hydrogen) atoms. The van der Waals surface area contributed by atoms with E-state index in [1.54, 1.807) is 0 Å². The summed E-state index contributed by atoms with van der Waals surface area (Å²) in [5.74, 6) is 4.68. The van der Waals surface area contributed by atoms with Crippen molar-refractivity contribution in [3.63, 3.8) is 0 Å². The molecule has 0 aliphatic heterocycles. The van der Waals surface area contributed by atoms with E-state index in [0.29, 0.717) is 0 Å². The second-order valence-corrected chi connectivity index (χ2v) is 12.2. The average molecular weight is 294 g/mol. The quantitative estimate of drug-likeness (QED) is 0.535. The molecule has 0 aromatic heterocycles. The van der Waals surface area contributed by atoms with Gasteiger partial charge in [0.05, 0.1) is 0 Å².